The van der Waals surface area contributed by atoms with Gasteiger partial charge in [-0.2, -0.15) is 4.98 Å². The molecular formula is C13H21N5O2. The SMILES string of the molecule is CCNc1ncc(C)c(N2CCC(NC(=O)OC)C2)n1. The number of carbonyl (C=O) groups is 1. The van der Waals surface area contributed by atoms with Gasteiger partial charge in [-0.3, -0.25) is 0 Å². The van der Waals surface area contributed by atoms with Gasteiger partial charge >= 0.3 is 6.09 Å². The summed E-state index contributed by atoms with van der Waals surface area (Å²) in [7, 11) is 1.37. The molecule has 0 aromatic carbocycles. The quantitative estimate of drug-likeness (QED) is 0.860. The molecule has 2 heterocycles. The molecule has 0 bridgehead atoms. The lowest BCUT2D eigenvalue weighted by molar-refractivity contribution is 0.167. The number of nitrogens with one attached hydrogen (secondary N) is 2. The molecule has 1 fully saturated rings. The zero-order valence-electron chi connectivity index (χ0n) is 12.1. The molecule has 1 aliphatic rings. The van der Waals surface area contributed by atoms with Crippen LogP contribution in [0.3, 0.4) is 0 Å². The molecular weight excluding hydrogens is 258 g/mol. The summed E-state index contributed by atoms with van der Waals surface area (Å²) in [5.41, 5.74) is 1.03. The first-order valence-electron chi connectivity index (χ1n) is 6.81. The van der Waals surface area contributed by atoms with E-state index < -0.39 is 0 Å². The summed E-state index contributed by atoms with van der Waals surface area (Å²) in [4.78, 5) is 22.2. The highest BCUT2D eigenvalue weighted by Gasteiger charge is 2.26. The van der Waals surface area contributed by atoms with E-state index >= 15 is 0 Å². The average Bonchev–Trinajstić information content (AvgIpc) is 2.89. The van der Waals surface area contributed by atoms with Crippen LogP contribution in [0, 0.1) is 6.92 Å². The van der Waals surface area contributed by atoms with E-state index in [9.17, 15) is 4.79 Å². The number of ether oxygens (including phenoxy) is 1. The third-order valence-corrected chi connectivity index (χ3v) is 3.28. The molecule has 0 aliphatic carbocycles. The summed E-state index contributed by atoms with van der Waals surface area (Å²) in [5.74, 6) is 1.56. The van der Waals surface area contributed by atoms with Gasteiger partial charge in [0, 0.05) is 31.4 Å². The van der Waals surface area contributed by atoms with Crippen LogP contribution in [0.5, 0.6) is 0 Å². The Labute approximate surface area is 118 Å². The maximum absolute atomic E-state index is 11.2. The normalized spacial score (nSPS) is 17.9. The molecule has 1 aromatic heterocycles. The van der Waals surface area contributed by atoms with Gasteiger partial charge in [0.15, 0.2) is 0 Å². The number of aryl methyl sites for hydroxylation is 1. The minimum absolute atomic E-state index is 0.0967. The Morgan fingerprint density at radius 1 is 1.60 bits per heavy atom. The number of anilines is 2. The highest BCUT2D eigenvalue weighted by molar-refractivity contribution is 5.67. The summed E-state index contributed by atoms with van der Waals surface area (Å²) in [6, 6.07) is 0.0967. The van der Waals surface area contributed by atoms with Crippen molar-refractivity contribution in [1.29, 1.82) is 0 Å². The Morgan fingerprint density at radius 2 is 2.40 bits per heavy atom. The predicted molar refractivity (Wildman–Crippen MR) is 77.1 cm³/mol. The zero-order chi connectivity index (χ0) is 14.5. The molecule has 7 heteroatoms. The van der Waals surface area contributed by atoms with Crippen molar-refractivity contribution < 1.29 is 9.53 Å². The molecule has 2 rings (SSSR count). The van der Waals surface area contributed by atoms with Crippen molar-refractivity contribution in [2.45, 2.75) is 26.3 Å². The van der Waals surface area contributed by atoms with Crippen LogP contribution in [0.4, 0.5) is 16.6 Å². The minimum atomic E-state index is -0.385. The molecule has 20 heavy (non-hydrogen) atoms. The van der Waals surface area contributed by atoms with E-state index in [4.69, 9.17) is 0 Å². The number of hydrogen-bond donors (Lipinski definition) is 2. The van der Waals surface area contributed by atoms with Gasteiger partial charge in [-0.05, 0) is 20.3 Å². The molecule has 1 aliphatic heterocycles. The Hall–Kier alpha value is -2.05. The van der Waals surface area contributed by atoms with E-state index in [1.165, 1.54) is 7.11 Å². The number of amides is 1. The van der Waals surface area contributed by atoms with Crippen LogP contribution in [-0.2, 0) is 4.74 Å². The third-order valence-electron chi connectivity index (χ3n) is 3.28. The number of alkyl carbamates (subject to hydrolysis) is 1. The Kier molecular flexibility index (Phi) is 4.60. The molecule has 1 aromatic rings. The lowest BCUT2D eigenvalue weighted by Crippen LogP contribution is -2.37. The van der Waals surface area contributed by atoms with E-state index in [1.807, 2.05) is 20.0 Å². The van der Waals surface area contributed by atoms with Gasteiger partial charge in [0.1, 0.15) is 5.82 Å². The Bertz CT molecular complexity index is 480. The standard InChI is InChI=1S/C13H21N5O2/c1-4-14-12-15-7-9(2)11(17-12)18-6-5-10(8-18)16-13(19)20-3/h7,10H,4-6,8H2,1-3H3,(H,16,19)(H,14,15,17). The van der Waals surface area contributed by atoms with Gasteiger partial charge in [0.25, 0.3) is 0 Å². The summed E-state index contributed by atoms with van der Waals surface area (Å²) in [6.45, 7) is 6.38. The summed E-state index contributed by atoms with van der Waals surface area (Å²) in [5, 5.41) is 5.94. The van der Waals surface area contributed by atoms with Gasteiger partial charge in [-0.25, -0.2) is 9.78 Å². The third kappa shape index (κ3) is 3.28. The highest BCUT2D eigenvalue weighted by Crippen LogP contribution is 2.22. The van der Waals surface area contributed by atoms with Gasteiger partial charge < -0.3 is 20.3 Å². The van der Waals surface area contributed by atoms with E-state index in [0.29, 0.717) is 5.95 Å². The molecule has 1 atom stereocenters. The van der Waals surface area contributed by atoms with Gasteiger partial charge in [0.2, 0.25) is 5.95 Å². The first-order valence-corrected chi connectivity index (χ1v) is 6.81. The molecule has 0 spiro atoms. The molecule has 1 saturated heterocycles. The maximum atomic E-state index is 11.2. The second kappa shape index (κ2) is 6.40. The maximum Gasteiger partial charge on any atom is 0.407 e. The van der Waals surface area contributed by atoms with Gasteiger partial charge in [0.05, 0.1) is 13.2 Å². The van der Waals surface area contributed by atoms with E-state index in [-0.39, 0.29) is 12.1 Å². The van der Waals surface area contributed by atoms with Crippen LogP contribution in [-0.4, -0.2) is 48.8 Å². The molecule has 0 radical (unpaired) electrons. The van der Waals surface area contributed by atoms with Crippen molar-refractivity contribution in [3.8, 4) is 0 Å². The molecule has 0 saturated carbocycles. The predicted octanol–water partition coefficient (Wildman–Crippen LogP) is 1.15. The number of methoxy groups -OCH3 is 1. The van der Waals surface area contributed by atoms with Crippen molar-refractivity contribution in [1.82, 2.24) is 15.3 Å². The van der Waals surface area contributed by atoms with Crippen LogP contribution < -0.4 is 15.5 Å². The molecule has 2 N–H and O–H groups in total. The van der Waals surface area contributed by atoms with Gasteiger partial charge in [-0.15, -0.1) is 0 Å². The Balaban J connectivity index is 2.05. The van der Waals surface area contributed by atoms with E-state index in [2.05, 4.69) is 30.2 Å². The van der Waals surface area contributed by atoms with E-state index in [0.717, 1.165) is 37.4 Å². The number of rotatable bonds is 4. The number of aromatic nitrogens is 2. The fraction of sp³-hybridized carbons (Fsp3) is 0.615. The van der Waals surface area contributed by atoms with Crippen LogP contribution in [0.2, 0.25) is 0 Å². The summed E-state index contributed by atoms with van der Waals surface area (Å²) in [6.07, 6.45) is 2.32. The number of hydrogen-bond acceptors (Lipinski definition) is 6. The van der Waals surface area contributed by atoms with E-state index in [1.54, 1.807) is 0 Å². The largest absolute Gasteiger partial charge is 0.453 e. The fourth-order valence-electron chi connectivity index (χ4n) is 2.29. The highest BCUT2D eigenvalue weighted by atomic mass is 16.5. The second-order valence-corrected chi connectivity index (χ2v) is 4.80. The summed E-state index contributed by atoms with van der Waals surface area (Å²) < 4.78 is 4.62. The summed E-state index contributed by atoms with van der Waals surface area (Å²) >= 11 is 0. The van der Waals surface area contributed by atoms with Crippen LogP contribution in [0.1, 0.15) is 18.9 Å². The monoisotopic (exact) mass is 279 g/mol. The molecule has 7 nitrogen and oxygen atoms in total. The molecule has 1 amide bonds. The smallest absolute Gasteiger partial charge is 0.407 e. The Morgan fingerprint density at radius 3 is 3.10 bits per heavy atom. The van der Waals surface area contributed by atoms with Crippen LogP contribution in [0.25, 0.3) is 0 Å². The topological polar surface area (TPSA) is 79.4 Å². The number of carbonyl (C=O) groups excluding carboxylic acids is 1. The first-order chi connectivity index (χ1) is 9.63. The van der Waals surface area contributed by atoms with Crippen molar-refractivity contribution in [2.75, 3.05) is 37.0 Å². The zero-order valence-corrected chi connectivity index (χ0v) is 12.1. The first kappa shape index (κ1) is 14.4. The number of nitrogens with zero attached hydrogens (tertiary/aromatic N) is 3. The fourth-order valence-corrected chi connectivity index (χ4v) is 2.29. The minimum Gasteiger partial charge on any atom is -0.453 e. The van der Waals surface area contributed by atoms with Crippen molar-refractivity contribution in [2.24, 2.45) is 0 Å². The molecule has 1 unspecified atom stereocenters. The van der Waals surface area contributed by atoms with Crippen LogP contribution >= 0.6 is 0 Å². The van der Waals surface area contributed by atoms with Crippen LogP contribution in [0.15, 0.2) is 6.20 Å². The van der Waals surface area contributed by atoms with Crippen molar-refractivity contribution in [3.63, 3.8) is 0 Å². The van der Waals surface area contributed by atoms with Crippen molar-refractivity contribution >= 4 is 17.9 Å². The van der Waals surface area contributed by atoms with Gasteiger partial charge in [-0.1, -0.05) is 0 Å². The van der Waals surface area contributed by atoms with Crippen molar-refractivity contribution in [3.05, 3.63) is 11.8 Å². The average molecular weight is 279 g/mol. The lowest BCUT2D eigenvalue weighted by atomic mass is 10.3. The lowest BCUT2D eigenvalue weighted by Gasteiger charge is -2.20. The second-order valence-electron chi connectivity index (χ2n) is 4.80. The molecule has 110 valence electrons.